The van der Waals surface area contributed by atoms with Gasteiger partial charge in [-0.25, -0.2) is 0 Å². The summed E-state index contributed by atoms with van der Waals surface area (Å²) < 4.78 is 3.82. The van der Waals surface area contributed by atoms with Gasteiger partial charge in [0.1, 0.15) is 0 Å². The van der Waals surface area contributed by atoms with E-state index >= 15 is 0 Å². The van der Waals surface area contributed by atoms with E-state index in [9.17, 15) is 4.79 Å². The standard InChI is InChI=1S/C7H13N4OSe/c1-2-3-4-9-7(12)13-5-6(8)10-11-13/h5H,2-4,8H2,1H3,(H,9,12). The van der Waals surface area contributed by atoms with Crippen molar-refractivity contribution >= 4 is 18.9 Å². The molecule has 0 aromatic heterocycles. The van der Waals surface area contributed by atoms with Crippen LogP contribution in [0, 0.1) is 0 Å². The summed E-state index contributed by atoms with van der Waals surface area (Å²) >= 11 is -1.72. The van der Waals surface area contributed by atoms with E-state index in [1.54, 1.807) is 4.97 Å². The number of nitrogens with one attached hydrogen (secondary N) is 1. The van der Waals surface area contributed by atoms with Crippen molar-refractivity contribution in [3.63, 3.8) is 0 Å². The van der Waals surface area contributed by atoms with Crippen LogP contribution in [0.25, 0.3) is 0 Å². The molecule has 13 heavy (non-hydrogen) atoms. The van der Waals surface area contributed by atoms with E-state index in [2.05, 4.69) is 21.5 Å². The molecule has 3 N–H and O–H groups in total. The molecule has 0 saturated carbocycles. The van der Waals surface area contributed by atoms with Gasteiger partial charge in [-0.15, -0.1) is 0 Å². The number of unbranched alkanes of at least 4 members (excludes halogenated alkanes) is 1. The molecule has 1 radical (unpaired) electrons. The number of hydrogen-bond acceptors (Lipinski definition) is 4. The maximum atomic E-state index is 11.4. The Balaban J connectivity index is 2.29. The zero-order valence-electron chi connectivity index (χ0n) is 7.49. The predicted octanol–water partition coefficient (Wildman–Crippen LogP) is 0.874. The van der Waals surface area contributed by atoms with Crippen LogP contribution >= 0.6 is 0 Å². The molecule has 0 aliphatic carbocycles. The number of rotatable bonds is 4. The van der Waals surface area contributed by atoms with Crippen LogP contribution in [0.3, 0.4) is 0 Å². The van der Waals surface area contributed by atoms with Crippen LogP contribution in [0.2, 0.25) is 0 Å². The topological polar surface area (TPSA) is 79.8 Å². The molecule has 1 rings (SSSR count). The SMILES string of the molecule is CCCCNC(=O)[Se]1C=C(N)N=N1. The monoisotopic (exact) mass is 249 g/mol. The molecule has 0 aromatic carbocycles. The molecular formula is C7H13N4OSe. The Bertz CT molecular complexity index is 251. The summed E-state index contributed by atoms with van der Waals surface area (Å²) in [5.74, 6) is 0.371. The van der Waals surface area contributed by atoms with Gasteiger partial charge in [-0.3, -0.25) is 0 Å². The third-order valence-electron chi connectivity index (χ3n) is 1.47. The molecule has 0 aromatic rings. The van der Waals surface area contributed by atoms with Gasteiger partial charge >= 0.3 is 81.1 Å². The molecule has 0 atom stereocenters. The number of hydrogen-bond donors (Lipinski definition) is 2. The Morgan fingerprint density at radius 2 is 2.54 bits per heavy atom. The first-order chi connectivity index (χ1) is 6.24. The minimum atomic E-state index is -1.72. The Morgan fingerprint density at radius 3 is 3.08 bits per heavy atom. The summed E-state index contributed by atoms with van der Waals surface area (Å²) in [6.07, 6.45) is 2.07. The summed E-state index contributed by atoms with van der Waals surface area (Å²) in [5, 5.41) is 6.43. The Kier molecular flexibility index (Phi) is 3.92. The fourth-order valence-corrected chi connectivity index (χ4v) is 2.75. The van der Waals surface area contributed by atoms with Crippen LogP contribution in [-0.2, 0) is 0 Å². The van der Waals surface area contributed by atoms with Gasteiger partial charge in [0.05, 0.1) is 0 Å². The third-order valence-corrected chi connectivity index (χ3v) is 4.08. The van der Waals surface area contributed by atoms with Crippen molar-refractivity contribution in [1.82, 2.24) is 5.32 Å². The Hall–Kier alpha value is -0.871. The quantitative estimate of drug-likeness (QED) is 0.572. The first-order valence-corrected chi connectivity index (χ1v) is 6.75. The van der Waals surface area contributed by atoms with Gasteiger partial charge < -0.3 is 0 Å². The zero-order chi connectivity index (χ0) is 9.68. The normalized spacial score (nSPS) is 15.9. The average Bonchev–Trinajstić information content (AvgIpc) is 2.52. The van der Waals surface area contributed by atoms with Crippen LogP contribution in [-0.4, -0.2) is 25.5 Å². The van der Waals surface area contributed by atoms with Crippen LogP contribution in [0.4, 0.5) is 4.79 Å². The van der Waals surface area contributed by atoms with Crippen molar-refractivity contribution in [3.05, 3.63) is 10.8 Å². The minimum absolute atomic E-state index is 0.00218. The molecule has 0 unspecified atom stereocenters. The van der Waals surface area contributed by atoms with Crippen molar-refractivity contribution in [2.45, 2.75) is 19.8 Å². The van der Waals surface area contributed by atoms with Gasteiger partial charge in [0, 0.05) is 0 Å². The molecule has 6 heteroatoms. The fraction of sp³-hybridized carbons (Fsp3) is 0.571. The Labute approximate surface area is 81.6 Å². The molecule has 73 valence electrons. The zero-order valence-corrected chi connectivity index (χ0v) is 9.20. The number of carbonyl (C=O) groups is 1. The first kappa shape index (κ1) is 10.2. The number of carbonyl (C=O) groups excluding carboxylic acids is 1. The summed E-state index contributed by atoms with van der Waals surface area (Å²) in [4.78, 5) is 13.0. The van der Waals surface area contributed by atoms with Gasteiger partial charge in [0.15, 0.2) is 0 Å². The molecule has 0 spiro atoms. The summed E-state index contributed by atoms with van der Waals surface area (Å²) in [6.45, 7) is 2.80. The molecule has 1 heterocycles. The van der Waals surface area contributed by atoms with E-state index in [1.165, 1.54) is 0 Å². The summed E-state index contributed by atoms with van der Waals surface area (Å²) in [5.41, 5.74) is 5.37. The molecule has 1 aliphatic heterocycles. The van der Waals surface area contributed by atoms with E-state index in [0.29, 0.717) is 5.82 Å². The number of amides is 1. The maximum absolute atomic E-state index is 11.4. The van der Waals surface area contributed by atoms with Gasteiger partial charge in [0.2, 0.25) is 0 Å². The van der Waals surface area contributed by atoms with Crippen LogP contribution in [0.5, 0.6) is 0 Å². The van der Waals surface area contributed by atoms with E-state index in [-0.39, 0.29) is 4.81 Å². The van der Waals surface area contributed by atoms with Gasteiger partial charge in [-0.1, -0.05) is 0 Å². The van der Waals surface area contributed by atoms with Gasteiger partial charge in [0.25, 0.3) is 0 Å². The Morgan fingerprint density at radius 1 is 1.77 bits per heavy atom. The fourth-order valence-electron chi connectivity index (χ4n) is 0.784. The predicted molar refractivity (Wildman–Crippen MR) is 51.2 cm³/mol. The summed E-state index contributed by atoms with van der Waals surface area (Å²) in [7, 11) is 0. The molecular weight excluding hydrogens is 235 g/mol. The van der Waals surface area contributed by atoms with Gasteiger partial charge in [-0.2, -0.15) is 0 Å². The second kappa shape index (κ2) is 4.99. The molecule has 5 nitrogen and oxygen atoms in total. The molecule has 1 amide bonds. The van der Waals surface area contributed by atoms with Crippen molar-refractivity contribution < 1.29 is 4.79 Å². The molecule has 1 aliphatic rings. The summed E-state index contributed by atoms with van der Waals surface area (Å²) in [6, 6.07) is 0. The van der Waals surface area contributed by atoms with Gasteiger partial charge in [-0.05, 0) is 0 Å². The van der Waals surface area contributed by atoms with E-state index in [1.807, 2.05) is 0 Å². The number of nitrogens with zero attached hydrogens (tertiary/aromatic N) is 2. The van der Waals surface area contributed by atoms with E-state index in [0.717, 1.165) is 19.4 Å². The number of nitrogens with two attached hydrogens (primary N) is 1. The van der Waals surface area contributed by atoms with Crippen LogP contribution in [0.1, 0.15) is 19.8 Å². The van der Waals surface area contributed by atoms with E-state index in [4.69, 9.17) is 5.73 Å². The molecule has 0 fully saturated rings. The third kappa shape index (κ3) is 3.16. The van der Waals surface area contributed by atoms with Crippen LogP contribution in [0.15, 0.2) is 20.0 Å². The second-order valence-corrected chi connectivity index (χ2v) is 5.54. The molecule has 0 bridgehead atoms. The molecule has 0 saturated heterocycles. The van der Waals surface area contributed by atoms with Crippen LogP contribution < -0.4 is 11.1 Å². The van der Waals surface area contributed by atoms with Crippen molar-refractivity contribution in [2.75, 3.05) is 6.54 Å². The van der Waals surface area contributed by atoms with Crippen molar-refractivity contribution in [2.24, 2.45) is 15.0 Å². The first-order valence-electron chi connectivity index (χ1n) is 4.14. The van der Waals surface area contributed by atoms with E-state index < -0.39 is 14.1 Å². The average molecular weight is 248 g/mol. The van der Waals surface area contributed by atoms with Crippen molar-refractivity contribution in [1.29, 1.82) is 0 Å². The second-order valence-electron chi connectivity index (χ2n) is 2.61. The van der Waals surface area contributed by atoms with Crippen molar-refractivity contribution in [3.8, 4) is 0 Å².